The summed E-state index contributed by atoms with van der Waals surface area (Å²) in [5.41, 5.74) is 2.05. The first-order valence-corrected chi connectivity index (χ1v) is 7.65. The molecule has 20 heavy (non-hydrogen) atoms. The number of aromatic nitrogens is 2. The van der Waals surface area contributed by atoms with Gasteiger partial charge in [-0.3, -0.25) is 0 Å². The zero-order valence-electron chi connectivity index (χ0n) is 11.7. The highest BCUT2D eigenvalue weighted by Gasteiger charge is 2.20. The van der Waals surface area contributed by atoms with Crippen molar-refractivity contribution in [3.63, 3.8) is 0 Å². The van der Waals surface area contributed by atoms with Crippen LogP contribution in [-0.4, -0.2) is 15.6 Å². The first-order chi connectivity index (χ1) is 9.74. The lowest BCUT2D eigenvalue weighted by atomic mass is 9.81. The Kier molecular flexibility index (Phi) is 3.97. The van der Waals surface area contributed by atoms with E-state index < -0.39 is 0 Å². The largest absolute Gasteiger partial charge is 0.381 e. The Bertz CT molecular complexity index is 561. The van der Waals surface area contributed by atoms with Gasteiger partial charge in [-0.25, -0.2) is 4.98 Å². The van der Waals surface area contributed by atoms with Crippen molar-refractivity contribution in [1.82, 2.24) is 9.55 Å². The van der Waals surface area contributed by atoms with Gasteiger partial charge < -0.3 is 9.88 Å². The molecule has 2 aromatic rings. The van der Waals surface area contributed by atoms with E-state index in [0.29, 0.717) is 6.04 Å². The van der Waals surface area contributed by atoms with Gasteiger partial charge in [0.2, 0.25) is 0 Å². The minimum absolute atomic E-state index is 0.459. The maximum absolute atomic E-state index is 6.36. The van der Waals surface area contributed by atoms with E-state index >= 15 is 0 Å². The van der Waals surface area contributed by atoms with Crippen molar-refractivity contribution in [1.29, 1.82) is 0 Å². The molecule has 1 N–H and O–H groups in total. The van der Waals surface area contributed by atoms with E-state index in [1.54, 1.807) is 12.5 Å². The predicted molar refractivity (Wildman–Crippen MR) is 83.6 cm³/mol. The number of hydrogen-bond donors (Lipinski definition) is 1. The number of anilines is 1. The molecule has 1 aromatic carbocycles. The predicted octanol–water partition coefficient (Wildman–Crippen LogP) is 4.52. The first-order valence-electron chi connectivity index (χ1n) is 7.27. The molecule has 1 saturated carbocycles. The molecule has 0 amide bonds. The Labute approximate surface area is 125 Å². The summed E-state index contributed by atoms with van der Waals surface area (Å²) < 4.78 is 1.96. The standard InChI is InChI=1S/C16H20ClN3/c1-12(10-13-4-2-5-13)19-15-7-3-6-14(17)16(15)20-9-8-18-11-20/h3,6-9,11-13,19H,2,4-5,10H2,1H3. The zero-order valence-corrected chi connectivity index (χ0v) is 12.5. The van der Waals surface area contributed by atoms with Gasteiger partial charge in [-0.2, -0.15) is 0 Å². The van der Waals surface area contributed by atoms with Gasteiger partial charge in [0.25, 0.3) is 0 Å². The monoisotopic (exact) mass is 289 g/mol. The molecule has 1 atom stereocenters. The third-order valence-electron chi connectivity index (χ3n) is 4.06. The third kappa shape index (κ3) is 2.83. The van der Waals surface area contributed by atoms with Crippen LogP contribution >= 0.6 is 11.6 Å². The molecule has 106 valence electrons. The number of para-hydroxylation sites is 1. The molecule has 1 unspecified atom stereocenters. The molecular weight excluding hydrogens is 270 g/mol. The lowest BCUT2D eigenvalue weighted by Crippen LogP contribution is -2.23. The van der Waals surface area contributed by atoms with Gasteiger partial charge in [-0.05, 0) is 31.4 Å². The van der Waals surface area contributed by atoms with E-state index in [9.17, 15) is 0 Å². The quantitative estimate of drug-likeness (QED) is 0.877. The fourth-order valence-electron chi connectivity index (χ4n) is 2.84. The lowest BCUT2D eigenvalue weighted by molar-refractivity contribution is 0.286. The maximum Gasteiger partial charge on any atom is 0.0992 e. The van der Waals surface area contributed by atoms with Gasteiger partial charge >= 0.3 is 0 Å². The highest BCUT2D eigenvalue weighted by atomic mass is 35.5. The van der Waals surface area contributed by atoms with Crippen molar-refractivity contribution < 1.29 is 0 Å². The molecule has 3 nitrogen and oxygen atoms in total. The van der Waals surface area contributed by atoms with Crippen molar-refractivity contribution >= 4 is 17.3 Å². The zero-order chi connectivity index (χ0) is 13.9. The van der Waals surface area contributed by atoms with E-state index in [-0.39, 0.29) is 0 Å². The normalized spacial score (nSPS) is 16.7. The third-order valence-corrected chi connectivity index (χ3v) is 4.37. The van der Waals surface area contributed by atoms with E-state index in [4.69, 9.17) is 11.6 Å². The summed E-state index contributed by atoms with van der Waals surface area (Å²) >= 11 is 6.36. The van der Waals surface area contributed by atoms with Crippen LogP contribution in [0.4, 0.5) is 5.69 Å². The van der Waals surface area contributed by atoms with Gasteiger partial charge in [-0.1, -0.05) is 36.9 Å². The molecule has 0 aliphatic heterocycles. The fraction of sp³-hybridized carbons (Fsp3) is 0.438. The molecule has 1 aliphatic rings. The minimum Gasteiger partial charge on any atom is -0.381 e. The summed E-state index contributed by atoms with van der Waals surface area (Å²) in [6, 6.07) is 6.44. The first kappa shape index (κ1) is 13.5. The van der Waals surface area contributed by atoms with Crippen molar-refractivity contribution in [3.05, 3.63) is 41.9 Å². The average Bonchev–Trinajstić information content (AvgIpc) is 2.88. The van der Waals surface area contributed by atoms with E-state index in [0.717, 1.165) is 22.3 Å². The number of halogens is 1. The van der Waals surface area contributed by atoms with Crippen LogP contribution in [0.1, 0.15) is 32.6 Å². The molecule has 0 radical (unpaired) electrons. The summed E-state index contributed by atoms with van der Waals surface area (Å²) in [6.07, 6.45) is 10.9. The van der Waals surface area contributed by atoms with Gasteiger partial charge in [-0.15, -0.1) is 0 Å². The topological polar surface area (TPSA) is 29.9 Å². The van der Waals surface area contributed by atoms with Crippen LogP contribution in [0.15, 0.2) is 36.9 Å². The molecule has 1 aliphatic carbocycles. The Balaban J connectivity index is 1.80. The summed E-state index contributed by atoms with van der Waals surface area (Å²) in [5, 5.41) is 4.35. The summed E-state index contributed by atoms with van der Waals surface area (Å²) in [5.74, 6) is 0.897. The highest BCUT2D eigenvalue weighted by molar-refractivity contribution is 6.33. The second-order valence-corrected chi connectivity index (χ2v) is 6.09. The second-order valence-electron chi connectivity index (χ2n) is 5.68. The second kappa shape index (κ2) is 5.88. The van der Waals surface area contributed by atoms with E-state index in [2.05, 4.69) is 23.3 Å². The van der Waals surface area contributed by atoms with Crippen LogP contribution < -0.4 is 5.32 Å². The van der Waals surface area contributed by atoms with Crippen LogP contribution in [-0.2, 0) is 0 Å². The van der Waals surface area contributed by atoms with Crippen molar-refractivity contribution in [2.45, 2.75) is 38.6 Å². The van der Waals surface area contributed by atoms with Gasteiger partial charge in [0.1, 0.15) is 0 Å². The Hall–Kier alpha value is -1.48. The number of benzene rings is 1. The summed E-state index contributed by atoms with van der Waals surface area (Å²) in [6.45, 7) is 2.25. The molecule has 1 heterocycles. The molecule has 0 bridgehead atoms. The molecule has 4 heteroatoms. The van der Waals surface area contributed by atoms with Crippen LogP contribution in [0.25, 0.3) is 5.69 Å². The Morgan fingerprint density at radius 1 is 1.45 bits per heavy atom. The molecule has 1 fully saturated rings. The summed E-state index contributed by atoms with van der Waals surface area (Å²) in [4.78, 5) is 4.11. The van der Waals surface area contributed by atoms with E-state index in [1.807, 2.05) is 22.9 Å². The minimum atomic E-state index is 0.459. The van der Waals surface area contributed by atoms with Gasteiger partial charge in [0.05, 0.1) is 22.7 Å². The fourth-order valence-corrected chi connectivity index (χ4v) is 3.11. The number of imidazole rings is 1. The van der Waals surface area contributed by atoms with Gasteiger partial charge in [0, 0.05) is 18.4 Å². The lowest BCUT2D eigenvalue weighted by Gasteiger charge is -2.29. The molecule has 0 saturated heterocycles. The van der Waals surface area contributed by atoms with Crippen molar-refractivity contribution in [3.8, 4) is 5.69 Å². The SMILES string of the molecule is CC(CC1CCC1)Nc1cccc(Cl)c1-n1ccnc1. The average molecular weight is 290 g/mol. The van der Waals surface area contributed by atoms with E-state index in [1.165, 1.54) is 25.7 Å². The molecular formula is C16H20ClN3. The van der Waals surface area contributed by atoms with Crippen molar-refractivity contribution in [2.75, 3.05) is 5.32 Å². The van der Waals surface area contributed by atoms with Crippen LogP contribution in [0.3, 0.4) is 0 Å². The van der Waals surface area contributed by atoms with Crippen LogP contribution in [0, 0.1) is 5.92 Å². The Morgan fingerprint density at radius 3 is 2.95 bits per heavy atom. The van der Waals surface area contributed by atoms with Gasteiger partial charge in [0.15, 0.2) is 0 Å². The molecule has 0 spiro atoms. The summed E-state index contributed by atoms with van der Waals surface area (Å²) in [7, 11) is 0. The number of rotatable bonds is 5. The highest BCUT2D eigenvalue weighted by Crippen LogP contribution is 2.33. The molecule has 1 aromatic heterocycles. The van der Waals surface area contributed by atoms with Crippen molar-refractivity contribution in [2.24, 2.45) is 5.92 Å². The van der Waals surface area contributed by atoms with Crippen LogP contribution in [0.5, 0.6) is 0 Å². The number of nitrogens with one attached hydrogen (secondary N) is 1. The molecule has 3 rings (SSSR count). The smallest absolute Gasteiger partial charge is 0.0992 e. The number of hydrogen-bond acceptors (Lipinski definition) is 2. The Morgan fingerprint density at radius 2 is 2.30 bits per heavy atom. The number of nitrogens with zero attached hydrogens (tertiary/aromatic N) is 2. The van der Waals surface area contributed by atoms with Crippen LogP contribution in [0.2, 0.25) is 5.02 Å². The maximum atomic E-state index is 6.36.